The molecule has 0 fully saturated rings. The Morgan fingerprint density at radius 2 is 0.692 bits per heavy atom. The van der Waals surface area contributed by atoms with Crippen LogP contribution in [0.2, 0.25) is 0 Å². The Labute approximate surface area is 69.7 Å². The van der Waals surface area contributed by atoms with Gasteiger partial charge in [-0.2, -0.15) is 8.42 Å². The van der Waals surface area contributed by atoms with Crippen molar-refractivity contribution in [1.82, 2.24) is 0 Å². The summed E-state index contributed by atoms with van der Waals surface area (Å²) in [5.41, 5.74) is 0. The Balaban J connectivity index is 0. The van der Waals surface area contributed by atoms with Crippen LogP contribution in [-0.4, -0.2) is 45.1 Å². The van der Waals surface area contributed by atoms with E-state index in [1.54, 1.807) is 0 Å². The zero-order chi connectivity index (χ0) is 11.9. The van der Waals surface area contributed by atoms with Crippen molar-refractivity contribution in [2.24, 2.45) is 0 Å². The molecule has 0 saturated carbocycles. The molecule has 13 heteroatoms. The molecule has 0 aliphatic rings. The zero-order valence-corrected chi connectivity index (χ0v) is 9.74. The van der Waals surface area contributed by atoms with Crippen molar-refractivity contribution in [1.29, 1.82) is 0 Å². The molecule has 0 saturated heterocycles. The molecule has 0 rings (SSSR count). The van der Waals surface area contributed by atoms with E-state index in [0.717, 1.165) is 0 Å². The molecule has 0 aliphatic heterocycles. The minimum absolute atomic E-state index is 4.67. The molecule has 0 aromatic heterocycles. The summed E-state index contributed by atoms with van der Waals surface area (Å²) in [6.45, 7) is 0. The van der Waals surface area contributed by atoms with Gasteiger partial charge in [0.1, 0.15) is 0 Å². The molecule has 0 spiro atoms. The van der Waals surface area contributed by atoms with E-state index < -0.39 is 24.2 Å². The first-order valence-electron chi connectivity index (χ1n) is 2.91. The van der Waals surface area contributed by atoms with Crippen LogP contribution in [0.4, 0.5) is 0 Å². The van der Waals surface area contributed by atoms with Crippen molar-refractivity contribution in [2.45, 2.75) is 0 Å². The number of hydrogen-bond donors (Lipinski definition) is 9. The Hall–Kier alpha value is 0.213. The van der Waals surface area contributed by atoms with Crippen molar-refractivity contribution >= 4 is 10.4 Å². The molecule has 0 aliphatic carbocycles. The van der Waals surface area contributed by atoms with E-state index in [4.69, 9.17) is 45.1 Å². The van der Waals surface area contributed by atoms with E-state index in [2.05, 4.69) is 0 Å². The number of hydrogen-bond acceptors (Lipinski definition) is 9. The maximum atomic E-state index is 8.74. The van der Waals surface area contributed by atoms with E-state index in [-0.39, 0.29) is 0 Å². The number of rotatable bonds is 0. The molecular weight excluding hydrogens is 273 g/mol. The standard InChI is InChI=1S/H2O4S.7H2O.Zn/c1-5(2,3)4;;;;;;;;/h(H2,1,2,3,4);7*1H2;/q;;;;;;;;+7/p-7. The molecule has 0 aromatic carbocycles. The van der Waals surface area contributed by atoms with Crippen LogP contribution in [0.5, 0.6) is 0 Å². The first kappa shape index (κ1) is 15.7. The second-order valence-electron chi connectivity index (χ2n) is 3.42. The van der Waals surface area contributed by atoms with E-state index in [0.29, 0.717) is 0 Å². The fourth-order valence-corrected chi connectivity index (χ4v) is 0. The van der Waals surface area contributed by atoms with E-state index in [9.17, 15) is 0 Å². The van der Waals surface area contributed by atoms with Crippen LogP contribution >= 0.6 is 0 Å². The predicted molar refractivity (Wildman–Crippen MR) is 29.7 cm³/mol. The van der Waals surface area contributed by atoms with Crippen LogP contribution in [0.3, 0.4) is 0 Å². The van der Waals surface area contributed by atoms with Gasteiger partial charge in [-0.1, -0.05) is 0 Å². The summed E-state index contributed by atoms with van der Waals surface area (Å²) in [5.74, 6) is 0. The minimum atomic E-state index is -9.91. The van der Waals surface area contributed by atoms with Crippen molar-refractivity contribution in [3.8, 4) is 0 Å². The fourth-order valence-electron chi connectivity index (χ4n) is 0. The first-order valence-corrected chi connectivity index (χ1v) is 13.6. The quantitative estimate of drug-likeness (QED) is 0.152. The zero-order valence-electron chi connectivity index (χ0n) is 5.96. The molecule has 0 unspecified atom stereocenters. The van der Waals surface area contributed by atoms with Crippen LogP contribution < -0.4 is 0 Å². The second-order valence-corrected chi connectivity index (χ2v) is 16.8. The molecule has 13 heavy (non-hydrogen) atoms. The van der Waals surface area contributed by atoms with Crippen molar-refractivity contribution in [3.05, 3.63) is 0 Å². The van der Waals surface area contributed by atoms with Gasteiger partial charge in [-0.15, -0.1) is 0 Å². The van der Waals surface area contributed by atoms with Gasteiger partial charge in [0.15, 0.2) is 0 Å². The fraction of sp³-hybridized carbons (Fsp3) is 0. The second kappa shape index (κ2) is 2.07. The molecule has 0 radical (unpaired) electrons. The van der Waals surface area contributed by atoms with Crippen molar-refractivity contribution in [3.63, 3.8) is 0 Å². The third-order valence-corrected chi connectivity index (χ3v) is 0. The van der Waals surface area contributed by atoms with Gasteiger partial charge in [0.05, 0.1) is 0 Å². The van der Waals surface area contributed by atoms with Crippen LogP contribution in [0.15, 0.2) is 0 Å². The third kappa shape index (κ3) is 28000. The molecule has 0 heterocycles. The topological polar surface area (TPSA) is 216 Å². The van der Waals surface area contributed by atoms with E-state index >= 15 is 0 Å². The van der Waals surface area contributed by atoms with Gasteiger partial charge < -0.3 is 0 Å². The summed E-state index contributed by atoms with van der Waals surface area (Å²) in [4.78, 5) is 0. The van der Waals surface area contributed by atoms with Crippen LogP contribution in [0.1, 0.15) is 0 Å². The molecule has 11 nitrogen and oxygen atoms in total. The van der Waals surface area contributed by atoms with E-state index in [1.807, 2.05) is 0 Å². The molecule has 0 amide bonds. The SMILES string of the molecule is O=S(=O)(O)O.[OH][Zn]([OH])([OH])([OH])([OH])([OH])[OH]. The summed E-state index contributed by atoms with van der Waals surface area (Å²) in [7, 11) is -4.67. The third-order valence-electron chi connectivity index (χ3n) is 0. The monoisotopic (exact) mass is 281 g/mol. The summed E-state index contributed by atoms with van der Waals surface area (Å²) in [6.07, 6.45) is 0. The first-order chi connectivity index (χ1) is 4.65. The average molecular weight is 283 g/mol. The summed E-state index contributed by atoms with van der Waals surface area (Å²) in [5, 5.41) is 0. The Morgan fingerprint density at radius 1 is 0.692 bits per heavy atom. The molecule has 83 valence electrons. The van der Waals surface area contributed by atoms with Gasteiger partial charge in [0, 0.05) is 0 Å². The molecule has 0 atom stereocenters. The molecule has 9 N–H and O–H groups in total. The molecule has 0 bridgehead atoms. The van der Waals surface area contributed by atoms with Gasteiger partial charge in [-0.3, -0.25) is 9.11 Å². The van der Waals surface area contributed by atoms with Gasteiger partial charge >= 0.3 is 51.7 Å². The van der Waals surface area contributed by atoms with Gasteiger partial charge in [0.2, 0.25) is 0 Å². The van der Waals surface area contributed by atoms with E-state index in [1.165, 1.54) is 0 Å². The van der Waals surface area contributed by atoms with Gasteiger partial charge in [-0.25, -0.2) is 0 Å². The summed E-state index contributed by atoms with van der Waals surface area (Å²) < 4.78 is 83.7. The molecule has 0 aromatic rings. The van der Waals surface area contributed by atoms with Crippen LogP contribution in [0.25, 0.3) is 0 Å². The van der Waals surface area contributed by atoms with Crippen LogP contribution in [0, 0.1) is 0 Å². The summed E-state index contributed by atoms with van der Waals surface area (Å²) in [6, 6.07) is 0. The van der Waals surface area contributed by atoms with Gasteiger partial charge in [0.25, 0.3) is 0 Å². The van der Waals surface area contributed by atoms with Crippen LogP contribution in [-0.2, 0) is 24.2 Å². The summed E-state index contributed by atoms with van der Waals surface area (Å²) >= 11 is -9.91. The average Bonchev–Trinajstić information content (AvgIpc) is 1.01. The Morgan fingerprint density at radius 3 is 0.692 bits per heavy atom. The normalized spacial score (nSPS) is 21.2. The van der Waals surface area contributed by atoms with Crippen molar-refractivity contribution < 1.29 is 58.8 Å². The maximum absolute atomic E-state index is 9.91. The van der Waals surface area contributed by atoms with Gasteiger partial charge in [-0.05, 0) is 0 Å². The Kier molecular flexibility index (Phi) is 2.50. The predicted octanol–water partition coefficient (Wildman–Crippen LogP) is -4.55. The van der Waals surface area contributed by atoms with Crippen molar-refractivity contribution in [2.75, 3.05) is 0 Å². The Bertz CT molecular complexity index is 256. The molecular formula is H9O11SZn.